The van der Waals surface area contributed by atoms with E-state index in [4.69, 9.17) is 4.74 Å². The lowest BCUT2D eigenvalue weighted by atomic mass is 10.1. The number of methoxy groups -OCH3 is 1. The molecule has 0 saturated carbocycles. The summed E-state index contributed by atoms with van der Waals surface area (Å²) in [7, 11) is 1.61. The van der Waals surface area contributed by atoms with Gasteiger partial charge in [-0.1, -0.05) is 42.1 Å². The number of fused-ring (bicyclic) bond motifs is 1. The van der Waals surface area contributed by atoms with Crippen molar-refractivity contribution in [1.29, 1.82) is 0 Å². The number of H-pyrrole nitrogens is 1. The number of para-hydroxylation sites is 1. The van der Waals surface area contributed by atoms with Crippen LogP contribution >= 0.6 is 11.8 Å². The van der Waals surface area contributed by atoms with Crippen LogP contribution in [0.3, 0.4) is 0 Å². The van der Waals surface area contributed by atoms with Crippen LogP contribution in [0.1, 0.15) is 18.5 Å². The largest absolute Gasteiger partial charge is 0.497 e. The molecular weight excluding hydrogens is 414 g/mol. The van der Waals surface area contributed by atoms with Gasteiger partial charge in [-0.15, -0.1) is 0 Å². The van der Waals surface area contributed by atoms with Gasteiger partial charge in [-0.3, -0.25) is 19.3 Å². The SMILES string of the molecule is COc1ccc(C(C)NC(=O)CSc2nc3[nH]ncc3c(=O)n2-c2ccccc2)cc1. The van der Waals surface area contributed by atoms with E-state index < -0.39 is 0 Å². The Hall–Kier alpha value is -3.59. The van der Waals surface area contributed by atoms with Crippen molar-refractivity contribution < 1.29 is 9.53 Å². The minimum atomic E-state index is -0.237. The van der Waals surface area contributed by atoms with Crippen LogP contribution < -0.4 is 15.6 Å². The molecule has 2 N–H and O–H groups in total. The molecule has 0 spiro atoms. The van der Waals surface area contributed by atoms with E-state index in [0.717, 1.165) is 11.3 Å². The van der Waals surface area contributed by atoms with Crippen LogP contribution in [0.25, 0.3) is 16.7 Å². The van der Waals surface area contributed by atoms with Crippen LogP contribution in [0, 0.1) is 0 Å². The monoisotopic (exact) mass is 435 g/mol. The number of aromatic nitrogens is 4. The summed E-state index contributed by atoms with van der Waals surface area (Å²) in [5.41, 5.74) is 1.81. The number of carbonyl (C=O) groups is 1. The standard InChI is InChI=1S/C22H21N5O3S/c1-14(15-8-10-17(30-2)11-9-15)24-19(28)13-31-22-25-20-18(12-23-26-20)21(29)27(22)16-6-4-3-5-7-16/h3-12,14H,13H2,1-2H3,(H,23,26)(H,24,28). The molecule has 31 heavy (non-hydrogen) atoms. The summed E-state index contributed by atoms with van der Waals surface area (Å²) in [5.74, 6) is 0.711. The normalized spacial score (nSPS) is 11.9. The molecule has 158 valence electrons. The predicted molar refractivity (Wildman–Crippen MR) is 120 cm³/mol. The lowest BCUT2D eigenvalue weighted by Crippen LogP contribution is -2.29. The highest BCUT2D eigenvalue weighted by Crippen LogP contribution is 2.21. The zero-order chi connectivity index (χ0) is 21.8. The first kappa shape index (κ1) is 20.7. The highest BCUT2D eigenvalue weighted by atomic mass is 32.2. The average molecular weight is 436 g/mol. The first-order valence-corrected chi connectivity index (χ1v) is 10.6. The second kappa shape index (κ2) is 9.05. The topological polar surface area (TPSA) is 102 Å². The molecule has 1 unspecified atom stereocenters. The Kier molecular flexibility index (Phi) is 6.03. The molecule has 2 aromatic carbocycles. The van der Waals surface area contributed by atoms with Gasteiger partial charge in [0, 0.05) is 0 Å². The highest BCUT2D eigenvalue weighted by Gasteiger charge is 2.17. The van der Waals surface area contributed by atoms with Crippen LogP contribution in [0.15, 0.2) is 70.7 Å². The van der Waals surface area contributed by atoms with E-state index >= 15 is 0 Å². The van der Waals surface area contributed by atoms with Crippen molar-refractivity contribution in [2.24, 2.45) is 0 Å². The molecule has 1 amide bonds. The van der Waals surface area contributed by atoms with E-state index in [-0.39, 0.29) is 23.3 Å². The summed E-state index contributed by atoms with van der Waals surface area (Å²) in [4.78, 5) is 30.1. The van der Waals surface area contributed by atoms with Gasteiger partial charge in [-0.05, 0) is 36.8 Å². The molecule has 8 nitrogen and oxygen atoms in total. The Morgan fingerprint density at radius 3 is 2.65 bits per heavy atom. The van der Waals surface area contributed by atoms with E-state index in [1.54, 1.807) is 7.11 Å². The number of nitrogens with zero attached hydrogens (tertiary/aromatic N) is 3. The molecule has 0 saturated heterocycles. The van der Waals surface area contributed by atoms with Gasteiger partial charge >= 0.3 is 0 Å². The maximum absolute atomic E-state index is 13.0. The van der Waals surface area contributed by atoms with Crippen LogP contribution in [0.4, 0.5) is 0 Å². The maximum atomic E-state index is 13.0. The summed E-state index contributed by atoms with van der Waals surface area (Å²) in [6.07, 6.45) is 1.46. The third kappa shape index (κ3) is 4.46. The van der Waals surface area contributed by atoms with Gasteiger partial charge in [0.1, 0.15) is 11.1 Å². The third-order valence-corrected chi connectivity index (χ3v) is 5.73. The molecule has 4 rings (SSSR count). The van der Waals surface area contributed by atoms with Gasteiger partial charge in [-0.2, -0.15) is 5.10 Å². The number of thioether (sulfide) groups is 1. The van der Waals surface area contributed by atoms with Crippen molar-refractivity contribution in [2.75, 3.05) is 12.9 Å². The fraction of sp³-hybridized carbons (Fsp3) is 0.182. The Bertz CT molecular complexity index is 1250. The van der Waals surface area contributed by atoms with Crippen molar-refractivity contribution in [3.63, 3.8) is 0 Å². The third-order valence-electron chi connectivity index (χ3n) is 4.79. The zero-order valence-corrected chi connectivity index (χ0v) is 17.8. The Balaban J connectivity index is 1.53. The summed E-state index contributed by atoms with van der Waals surface area (Å²) in [6.45, 7) is 1.92. The van der Waals surface area contributed by atoms with Crippen LogP contribution in [-0.2, 0) is 4.79 Å². The number of ether oxygens (including phenoxy) is 1. The highest BCUT2D eigenvalue weighted by molar-refractivity contribution is 7.99. The molecule has 0 fully saturated rings. The minimum Gasteiger partial charge on any atom is -0.497 e. The first-order valence-electron chi connectivity index (χ1n) is 9.64. The van der Waals surface area contributed by atoms with Crippen molar-refractivity contribution in [3.8, 4) is 11.4 Å². The quantitative estimate of drug-likeness (QED) is 0.342. The summed E-state index contributed by atoms with van der Waals surface area (Å²) in [5, 5.41) is 10.4. The number of nitrogens with one attached hydrogen (secondary N) is 2. The number of carbonyl (C=O) groups excluding carboxylic acids is 1. The van der Waals surface area contributed by atoms with E-state index in [1.807, 2.05) is 61.5 Å². The molecule has 0 aliphatic carbocycles. The number of hydrogen-bond donors (Lipinski definition) is 2. The minimum absolute atomic E-state index is 0.111. The lowest BCUT2D eigenvalue weighted by Gasteiger charge is -2.15. The second-order valence-electron chi connectivity index (χ2n) is 6.85. The first-order chi connectivity index (χ1) is 15.1. The number of rotatable bonds is 7. The fourth-order valence-corrected chi connectivity index (χ4v) is 3.98. The second-order valence-corrected chi connectivity index (χ2v) is 7.80. The summed E-state index contributed by atoms with van der Waals surface area (Å²) < 4.78 is 6.67. The van der Waals surface area contributed by atoms with E-state index in [0.29, 0.717) is 21.9 Å². The van der Waals surface area contributed by atoms with Crippen molar-refractivity contribution in [3.05, 3.63) is 76.7 Å². The molecule has 1 atom stereocenters. The number of hydrogen-bond acceptors (Lipinski definition) is 6. The van der Waals surface area contributed by atoms with Gasteiger partial charge in [0.2, 0.25) is 5.91 Å². The lowest BCUT2D eigenvalue weighted by molar-refractivity contribution is -0.119. The molecule has 2 aromatic heterocycles. The van der Waals surface area contributed by atoms with E-state index in [9.17, 15) is 9.59 Å². The number of amides is 1. The van der Waals surface area contributed by atoms with Crippen molar-refractivity contribution in [1.82, 2.24) is 25.1 Å². The predicted octanol–water partition coefficient (Wildman–Crippen LogP) is 3.09. The molecule has 0 radical (unpaired) electrons. The number of aromatic amines is 1. The molecule has 2 heterocycles. The molecule has 0 bridgehead atoms. The molecule has 9 heteroatoms. The van der Waals surface area contributed by atoms with Crippen LogP contribution in [0.5, 0.6) is 5.75 Å². The van der Waals surface area contributed by atoms with Crippen LogP contribution in [-0.4, -0.2) is 38.5 Å². The van der Waals surface area contributed by atoms with Crippen molar-refractivity contribution in [2.45, 2.75) is 18.1 Å². The smallest absolute Gasteiger partial charge is 0.269 e. The maximum Gasteiger partial charge on any atom is 0.269 e. The molecular formula is C22H21N5O3S. The molecule has 0 aliphatic heterocycles. The Labute approximate surface area is 182 Å². The summed E-state index contributed by atoms with van der Waals surface area (Å²) in [6, 6.07) is 16.6. The Morgan fingerprint density at radius 1 is 1.19 bits per heavy atom. The molecule has 4 aromatic rings. The van der Waals surface area contributed by atoms with Gasteiger partial charge in [-0.25, -0.2) is 4.98 Å². The van der Waals surface area contributed by atoms with E-state index in [2.05, 4.69) is 20.5 Å². The van der Waals surface area contributed by atoms with Gasteiger partial charge in [0.05, 0.1) is 30.8 Å². The zero-order valence-electron chi connectivity index (χ0n) is 17.0. The number of benzene rings is 2. The van der Waals surface area contributed by atoms with Gasteiger partial charge < -0.3 is 10.1 Å². The average Bonchev–Trinajstić information content (AvgIpc) is 3.27. The van der Waals surface area contributed by atoms with Gasteiger partial charge in [0.15, 0.2) is 10.8 Å². The molecule has 0 aliphatic rings. The summed E-state index contributed by atoms with van der Waals surface area (Å²) >= 11 is 1.20. The Morgan fingerprint density at radius 2 is 1.94 bits per heavy atom. The van der Waals surface area contributed by atoms with Crippen molar-refractivity contribution >= 4 is 28.7 Å². The van der Waals surface area contributed by atoms with Gasteiger partial charge in [0.25, 0.3) is 5.56 Å². The van der Waals surface area contributed by atoms with E-state index in [1.165, 1.54) is 22.5 Å². The van der Waals surface area contributed by atoms with Crippen LogP contribution in [0.2, 0.25) is 0 Å². The fourth-order valence-electron chi connectivity index (χ4n) is 3.16.